The van der Waals surface area contributed by atoms with Gasteiger partial charge in [-0.05, 0) is 57.4 Å². The molecule has 0 aliphatic carbocycles. The van der Waals surface area contributed by atoms with Crippen LogP contribution in [0, 0.1) is 0 Å². The summed E-state index contributed by atoms with van der Waals surface area (Å²) in [6.07, 6.45) is 14.6. The van der Waals surface area contributed by atoms with Gasteiger partial charge in [0.2, 0.25) is 0 Å². The van der Waals surface area contributed by atoms with E-state index in [4.69, 9.17) is 33.2 Å². The fraction of sp³-hybridized carbons (Fsp3) is 0.871. The van der Waals surface area contributed by atoms with Crippen molar-refractivity contribution in [3.63, 3.8) is 0 Å². The number of hydrogen-bond acceptors (Lipinski definition) is 7. The molecule has 0 saturated heterocycles. The summed E-state index contributed by atoms with van der Waals surface area (Å²) in [6, 6.07) is 0. The highest BCUT2D eigenvalue weighted by molar-refractivity contribution is 5.05. The van der Waals surface area contributed by atoms with Gasteiger partial charge in [0.25, 0.3) is 0 Å². The first-order chi connectivity index (χ1) is 18.3. The lowest BCUT2D eigenvalue weighted by atomic mass is 9.94. The first-order valence-corrected chi connectivity index (χ1v) is 14.3. The van der Waals surface area contributed by atoms with Crippen LogP contribution in [0.5, 0.6) is 0 Å². The Hall–Kier alpha value is -0.800. The van der Waals surface area contributed by atoms with Gasteiger partial charge in [0.15, 0.2) is 0 Å². The smallest absolute Gasteiger partial charge is 0.0803 e. The van der Waals surface area contributed by atoms with Gasteiger partial charge in [-0.3, -0.25) is 0 Å². The summed E-state index contributed by atoms with van der Waals surface area (Å²) in [6.45, 7) is 8.21. The van der Waals surface area contributed by atoms with Crippen molar-refractivity contribution in [3.8, 4) is 0 Å². The Morgan fingerprint density at radius 3 is 1.32 bits per heavy atom. The molecule has 0 bridgehead atoms. The Balaban J connectivity index is 5.07. The second-order valence-electron chi connectivity index (χ2n) is 10.3. The molecule has 0 N–H and O–H groups in total. The minimum absolute atomic E-state index is 0.000215. The summed E-state index contributed by atoms with van der Waals surface area (Å²) in [5.74, 6) is 0. The van der Waals surface area contributed by atoms with Gasteiger partial charge in [-0.15, -0.1) is 6.58 Å². The number of allylic oxidation sites excluding steroid dienone is 1. The van der Waals surface area contributed by atoms with Crippen LogP contribution in [0.4, 0.5) is 0 Å². The van der Waals surface area contributed by atoms with Gasteiger partial charge >= 0.3 is 0 Å². The van der Waals surface area contributed by atoms with E-state index in [1.165, 1.54) is 24.8 Å². The van der Waals surface area contributed by atoms with Crippen molar-refractivity contribution in [3.05, 3.63) is 24.3 Å². The predicted molar refractivity (Wildman–Crippen MR) is 156 cm³/mol. The van der Waals surface area contributed by atoms with E-state index in [1.807, 2.05) is 6.08 Å². The van der Waals surface area contributed by atoms with Crippen molar-refractivity contribution in [2.75, 3.05) is 49.8 Å². The summed E-state index contributed by atoms with van der Waals surface area (Å²) in [5, 5.41) is 0. The first kappa shape index (κ1) is 37.2. The lowest BCUT2D eigenvalue weighted by Gasteiger charge is -2.30. The number of hydrogen-bond donors (Lipinski definition) is 0. The van der Waals surface area contributed by atoms with Crippen LogP contribution < -0.4 is 0 Å². The molecule has 7 heteroatoms. The molecule has 0 aromatic carbocycles. The number of ether oxygens (including phenoxy) is 7. The van der Waals surface area contributed by atoms with Gasteiger partial charge in [0.05, 0.1) is 42.7 Å². The predicted octanol–water partition coefficient (Wildman–Crippen LogP) is 6.53. The Labute approximate surface area is 234 Å². The third kappa shape index (κ3) is 16.3. The molecular formula is C31H60O7. The molecule has 7 atom stereocenters. The van der Waals surface area contributed by atoms with Crippen LogP contribution in [-0.4, -0.2) is 92.5 Å². The third-order valence-corrected chi connectivity index (χ3v) is 7.60. The maximum atomic E-state index is 5.89. The van der Waals surface area contributed by atoms with Crippen LogP contribution in [0.15, 0.2) is 24.3 Å². The Morgan fingerprint density at radius 1 is 0.579 bits per heavy atom. The zero-order valence-corrected chi connectivity index (χ0v) is 26.0. The fourth-order valence-corrected chi connectivity index (χ4v) is 4.95. The lowest BCUT2D eigenvalue weighted by molar-refractivity contribution is -0.0517. The van der Waals surface area contributed by atoms with Crippen LogP contribution in [-0.2, 0) is 33.2 Å². The van der Waals surface area contributed by atoms with Gasteiger partial charge in [0.1, 0.15) is 0 Å². The minimum atomic E-state index is -0.00951. The summed E-state index contributed by atoms with van der Waals surface area (Å²) in [5.41, 5.74) is 1.27. The summed E-state index contributed by atoms with van der Waals surface area (Å²) >= 11 is 0. The highest BCUT2D eigenvalue weighted by atomic mass is 16.5. The maximum absolute atomic E-state index is 5.89. The molecule has 0 rings (SSSR count). The molecule has 0 aromatic rings. The SMILES string of the molecule is C=CC[C@@H](C[C@@H](C[C@@H](C[C@@H](C[C@@H](C[C@@H](C[C@H](OC)/C(C)=C/CCCCC)OC)OC)OC)OC)OC)OC. The molecule has 0 aromatic heterocycles. The summed E-state index contributed by atoms with van der Waals surface area (Å²) in [4.78, 5) is 0. The lowest BCUT2D eigenvalue weighted by Crippen LogP contribution is -2.33. The van der Waals surface area contributed by atoms with Crippen molar-refractivity contribution < 1.29 is 33.2 Å². The van der Waals surface area contributed by atoms with Gasteiger partial charge in [0, 0.05) is 62.6 Å². The minimum Gasteiger partial charge on any atom is -0.381 e. The molecule has 0 aliphatic heterocycles. The molecule has 7 nitrogen and oxygen atoms in total. The number of unbranched alkanes of at least 4 members (excludes halogenated alkanes) is 3. The van der Waals surface area contributed by atoms with Crippen LogP contribution in [0.25, 0.3) is 0 Å². The topological polar surface area (TPSA) is 64.6 Å². The van der Waals surface area contributed by atoms with Crippen molar-refractivity contribution in [1.82, 2.24) is 0 Å². The molecule has 226 valence electrons. The number of methoxy groups -OCH3 is 7. The Bertz CT molecular complexity index is 583. The molecule has 0 radical (unpaired) electrons. The molecular weight excluding hydrogens is 484 g/mol. The Kier molecular flexibility index (Phi) is 23.5. The average Bonchev–Trinajstić information content (AvgIpc) is 2.94. The quantitative estimate of drug-likeness (QED) is 0.0905. The van der Waals surface area contributed by atoms with Crippen LogP contribution in [0.2, 0.25) is 0 Å². The van der Waals surface area contributed by atoms with Crippen LogP contribution >= 0.6 is 0 Å². The standard InChI is InChI=1S/C31H60O7/c1-11-13-14-15-17-24(3)31(38-10)23-30(37-9)22-29(36-8)21-28(35-7)20-27(34-6)19-26(33-5)18-25(32-4)16-12-2/h12,17,25-31H,2,11,13-16,18-23H2,1,3-10H3/b24-17+/t25-,26-,27-,28-,29-,30-,31-/m0/s1. The molecule has 0 heterocycles. The van der Waals surface area contributed by atoms with E-state index >= 15 is 0 Å². The third-order valence-electron chi connectivity index (χ3n) is 7.60. The first-order valence-electron chi connectivity index (χ1n) is 14.3. The van der Waals surface area contributed by atoms with E-state index in [0.29, 0.717) is 0 Å². The second-order valence-corrected chi connectivity index (χ2v) is 10.3. The van der Waals surface area contributed by atoms with Crippen LogP contribution in [0.3, 0.4) is 0 Å². The van der Waals surface area contributed by atoms with E-state index in [2.05, 4.69) is 26.5 Å². The molecule has 0 amide bonds. The molecule has 0 saturated carbocycles. The highest BCUT2D eigenvalue weighted by Gasteiger charge is 2.27. The van der Waals surface area contributed by atoms with Crippen LogP contribution in [0.1, 0.15) is 84.5 Å². The van der Waals surface area contributed by atoms with E-state index in [9.17, 15) is 0 Å². The maximum Gasteiger partial charge on any atom is 0.0803 e. The average molecular weight is 545 g/mol. The normalized spacial score (nSPS) is 18.0. The zero-order valence-electron chi connectivity index (χ0n) is 26.0. The van der Waals surface area contributed by atoms with Crippen molar-refractivity contribution in [2.24, 2.45) is 0 Å². The molecule has 38 heavy (non-hydrogen) atoms. The molecule has 0 aliphatic rings. The van der Waals surface area contributed by atoms with Gasteiger partial charge < -0.3 is 33.2 Å². The second kappa shape index (κ2) is 24.0. The van der Waals surface area contributed by atoms with Crippen molar-refractivity contribution in [2.45, 2.75) is 127 Å². The van der Waals surface area contributed by atoms with E-state index in [0.717, 1.165) is 51.4 Å². The summed E-state index contributed by atoms with van der Waals surface area (Å²) < 4.78 is 40.6. The monoisotopic (exact) mass is 544 g/mol. The van der Waals surface area contributed by atoms with Gasteiger partial charge in [-0.25, -0.2) is 0 Å². The van der Waals surface area contributed by atoms with Crippen molar-refractivity contribution >= 4 is 0 Å². The van der Waals surface area contributed by atoms with Gasteiger partial charge in [-0.1, -0.05) is 31.9 Å². The fourth-order valence-electron chi connectivity index (χ4n) is 4.95. The molecule has 0 fully saturated rings. The highest BCUT2D eigenvalue weighted by Crippen LogP contribution is 2.24. The molecule has 0 unspecified atom stereocenters. The number of rotatable bonds is 26. The van der Waals surface area contributed by atoms with Gasteiger partial charge in [-0.2, -0.15) is 0 Å². The van der Waals surface area contributed by atoms with E-state index < -0.39 is 0 Å². The largest absolute Gasteiger partial charge is 0.381 e. The van der Waals surface area contributed by atoms with E-state index in [1.54, 1.807) is 49.8 Å². The zero-order chi connectivity index (χ0) is 28.8. The summed E-state index contributed by atoms with van der Waals surface area (Å²) in [7, 11) is 12.3. The van der Waals surface area contributed by atoms with E-state index in [-0.39, 0.29) is 42.7 Å². The van der Waals surface area contributed by atoms with Crippen molar-refractivity contribution in [1.29, 1.82) is 0 Å². The molecule has 0 spiro atoms. The Morgan fingerprint density at radius 2 is 0.974 bits per heavy atom.